The number of carbonyl (C=O) groups is 2. The van der Waals surface area contributed by atoms with Crippen molar-refractivity contribution in [3.63, 3.8) is 0 Å². The van der Waals surface area contributed by atoms with E-state index in [-0.39, 0.29) is 11.8 Å². The van der Waals surface area contributed by atoms with Crippen molar-refractivity contribution in [2.24, 2.45) is 0 Å². The molecule has 1 N–H and O–H groups in total. The highest BCUT2D eigenvalue weighted by Gasteiger charge is 2.20. The average Bonchev–Trinajstić information content (AvgIpc) is 3.18. The van der Waals surface area contributed by atoms with Crippen LogP contribution in [0.3, 0.4) is 0 Å². The fourth-order valence-corrected chi connectivity index (χ4v) is 3.49. The van der Waals surface area contributed by atoms with Crippen LogP contribution in [-0.4, -0.2) is 64.2 Å². The minimum Gasteiger partial charge on any atom is -0.347 e. The Morgan fingerprint density at radius 2 is 1.76 bits per heavy atom. The Hall–Kier alpha value is -3.19. The van der Waals surface area contributed by atoms with E-state index >= 15 is 0 Å². The van der Waals surface area contributed by atoms with Crippen molar-refractivity contribution in [3.05, 3.63) is 71.2 Å². The van der Waals surface area contributed by atoms with Gasteiger partial charge in [-0.15, -0.1) is 0 Å². The van der Waals surface area contributed by atoms with E-state index in [0.29, 0.717) is 17.8 Å². The van der Waals surface area contributed by atoms with Crippen LogP contribution < -0.4 is 5.32 Å². The molecular formula is C22H25N5O2. The maximum atomic E-state index is 12.6. The first-order valence-electron chi connectivity index (χ1n) is 9.81. The first-order chi connectivity index (χ1) is 14.0. The highest BCUT2D eigenvalue weighted by atomic mass is 16.2. The van der Waals surface area contributed by atoms with Crippen molar-refractivity contribution < 1.29 is 9.59 Å². The summed E-state index contributed by atoms with van der Waals surface area (Å²) in [5.41, 5.74) is 3.78. The number of aromatic nitrogens is 2. The van der Waals surface area contributed by atoms with Crippen molar-refractivity contribution in [2.45, 2.75) is 13.5 Å². The van der Waals surface area contributed by atoms with Crippen molar-refractivity contribution in [1.82, 2.24) is 24.5 Å². The van der Waals surface area contributed by atoms with Gasteiger partial charge < -0.3 is 19.5 Å². The number of carbonyl (C=O) groups excluding carboxylic acids is 2. The molecule has 1 aliphatic heterocycles. The second-order valence-corrected chi connectivity index (χ2v) is 7.50. The van der Waals surface area contributed by atoms with Crippen molar-refractivity contribution in [3.8, 4) is 0 Å². The van der Waals surface area contributed by atoms with Crippen LogP contribution in [0.4, 0.5) is 0 Å². The summed E-state index contributed by atoms with van der Waals surface area (Å²) in [6.45, 7) is 5.67. The maximum absolute atomic E-state index is 12.6. The third-order valence-corrected chi connectivity index (χ3v) is 5.37. The summed E-state index contributed by atoms with van der Waals surface area (Å²) in [5, 5.41) is 2.90. The summed E-state index contributed by atoms with van der Waals surface area (Å²) in [5.74, 6) is -0.153. The number of aryl methyl sites for hydroxylation is 1. The number of rotatable bonds is 4. The Balaban J connectivity index is 1.36. The van der Waals surface area contributed by atoms with Crippen LogP contribution in [0.2, 0.25) is 0 Å². The van der Waals surface area contributed by atoms with E-state index in [9.17, 15) is 9.59 Å². The van der Waals surface area contributed by atoms with Gasteiger partial charge in [0.2, 0.25) is 0 Å². The van der Waals surface area contributed by atoms with Gasteiger partial charge in [-0.3, -0.25) is 9.59 Å². The fraction of sp³-hybridized carbons (Fsp3) is 0.318. The molecule has 0 bridgehead atoms. The molecule has 2 aromatic heterocycles. The largest absolute Gasteiger partial charge is 0.347 e. The van der Waals surface area contributed by atoms with Crippen LogP contribution in [0.15, 0.2) is 48.7 Å². The molecule has 150 valence electrons. The first kappa shape index (κ1) is 19.1. The Labute approximate surface area is 169 Å². The molecule has 1 aliphatic rings. The zero-order valence-corrected chi connectivity index (χ0v) is 16.8. The van der Waals surface area contributed by atoms with Crippen molar-refractivity contribution in [2.75, 3.05) is 33.2 Å². The van der Waals surface area contributed by atoms with Crippen LogP contribution in [-0.2, 0) is 6.54 Å². The smallest absolute Gasteiger partial charge is 0.271 e. The van der Waals surface area contributed by atoms with Gasteiger partial charge in [-0.25, -0.2) is 4.98 Å². The number of piperazine rings is 1. The number of likely N-dealkylation sites (N-methyl/N-ethyl adjacent to an activating group) is 1. The van der Waals surface area contributed by atoms with Crippen molar-refractivity contribution >= 4 is 17.5 Å². The Bertz CT molecular complexity index is 1030. The second kappa shape index (κ2) is 8.05. The monoisotopic (exact) mass is 391 g/mol. The number of nitrogens with zero attached hydrogens (tertiary/aromatic N) is 4. The third kappa shape index (κ3) is 4.14. The molecule has 29 heavy (non-hydrogen) atoms. The molecule has 0 radical (unpaired) electrons. The fourth-order valence-electron chi connectivity index (χ4n) is 3.49. The Kier molecular flexibility index (Phi) is 5.31. The SMILES string of the molecule is Cc1cccc2nc(C(=O)NCc3ccc(C(=O)N4CCN(C)CC4)cc3)cn12. The number of nitrogens with one attached hydrogen (secondary N) is 1. The Morgan fingerprint density at radius 1 is 1.03 bits per heavy atom. The highest BCUT2D eigenvalue weighted by molar-refractivity contribution is 5.94. The number of amides is 2. The van der Waals surface area contributed by atoms with Crippen molar-refractivity contribution in [1.29, 1.82) is 0 Å². The predicted molar refractivity (Wildman–Crippen MR) is 111 cm³/mol. The molecule has 0 spiro atoms. The van der Waals surface area contributed by atoms with Crippen LogP contribution in [0.5, 0.6) is 0 Å². The second-order valence-electron chi connectivity index (χ2n) is 7.50. The minimum atomic E-state index is -0.217. The van der Waals surface area contributed by atoms with Crippen LogP contribution >= 0.6 is 0 Å². The van der Waals surface area contributed by atoms with Gasteiger partial charge in [0.15, 0.2) is 0 Å². The van der Waals surface area contributed by atoms with Gasteiger partial charge >= 0.3 is 0 Å². The summed E-state index contributed by atoms with van der Waals surface area (Å²) in [6, 6.07) is 13.2. The molecule has 0 aliphatic carbocycles. The minimum absolute atomic E-state index is 0.0637. The molecule has 1 fully saturated rings. The zero-order chi connectivity index (χ0) is 20.4. The summed E-state index contributed by atoms with van der Waals surface area (Å²) in [6.07, 6.45) is 1.75. The topological polar surface area (TPSA) is 70.0 Å². The normalized spacial score (nSPS) is 14.9. The highest BCUT2D eigenvalue weighted by Crippen LogP contribution is 2.11. The number of imidazole rings is 1. The van der Waals surface area contributed by atoms with Crippen LogP contribution in [0.1, 0.15) is 32.1 Å². The van der Waals surface area contributed by atoms with E-state index in [1.807, 2.05) is 58.7 Å². The lowest BCUT2D eigenvalue weighted by Crippen LogP contribution is -2.47. The van der Waals surface area contributed by atoms with Gasteiger partial charge in [0, 0.05) is 50.2 Å². The maximum Gasteiger partial charge on any atom is 0.271 e. The summed E-state index contributed by atoms with van der Waals surface area (Å²) >= 11 is 0. The van der Waals surface area contributed by atoms with E-state index in [0.717, 1.165) is 43.1 Å². The number of fused-ring (bicyclic) bond motifs is 1. The molecular weight excluding hydrogens is 366 g/mol. The predicted octanol–water partition coefficient (Wildman–Crippen LogP) is 1.96. The molecule has 3 aromatic rings. The number of hydrogen-bond acceptors (Lipinski definition) is 4. The molecule has 0 atom stereocenters. The molecule has 1 saturated heterocycles. The number of benzene rings is 1. The molecule has 2 amide bonds. The standard InChI is InChI=1S/C22H25N5O2/c1-16-4-3-5-20-24-19(15-27(16)20)21(28)23-14-17-6-8-18(9-7-17)22(29)26-12-10-25(2)11-13-26/h3-9,15H,10-14H2,1-2H3,(H,23,28). The van der Waals surface area contributed by atoms with E-state index in [1.165, 1.54) is 0 Å². The summed E-state index contributed by atoms with van der Waals surface area (Å²) < 4.78 is 1.90. The zero-order valence-electron chi connectivity index (χ0n) is 16.8. The van der Waals surface area contributed by atoms with Crippen LogP contribution in [0.25, 0.3) is 5.65 Å². The molecule has 0 unspecified atom stereocenters. The summed E-state index contributed by atoms with van der Waals surface area (Å²) in [7, 11) is 2.07. The van der Waals surface area contributed by atoms with Gasteiger partial charge in [0.05, 0.1) is 0 Å². The lowest BCUT2D eigenvalue weighted by Gasteiger charge is -2.32. The van der Waals surface area contributed by atoms with E-state index in [2.05, 4.69) is 22.2 Å². The van der Waals surface area contributed by atoms with Gasteiger partial charge in [-0.2, -0.15) is 0 Å². The third-order valence-electron chi connectivity index (χ3n) is 5.37. The quantitative estimate of drug-likeness (QED) is 0.738. The molecule has 3 heterocycles. The van der Waals surface area contributed by atoms with E-state index in [4.69, 9.17) is 0 Å². The van der Waals surface area contributed by atoms with Gasteiger partial charge in [0.25, 0.3) is 11.8 Å². The number of pyridine rings is 1. The Morgan fingerprint density at radius 3 is 2.45 bits per heavy atom. The average molecular weight is 391 g/mol. The first-order valence-corrected chi connectivity index (χ1v) is 9.81. The molecule has 1 aromatic carbocycles. The summed E-state index contributed by atoms with van der Waals surface area (Å²) in [4.78, 5) is 33.6. The molecule has 7 nitrogen and oxygen atoms in total. The molecule has 0 saturated carbocycles. The molecule has 7 heteroatoms. The van der Waals surface area contributed by atoms with Gasteiger partial charge in [-0.05, 0) is 43.8 Å². The van der Waals surface area contributed by atoms with E-state index in [1.54, 1.807) is 6.20 Å². The van der Waals surface area contributed by atoms with E-state index < -0.39 is 0 Å². The lowest BCUT2D eigenvalue weighted by atomic mass is 10.1. The number of hydrogen-bond donors (Lipinski definition) is 1. The van der Waals surface area contributed by atoms with Gasteiger partial charge in [-0.1, -0.05) is 18.2 Å². The lowest BCUT2D eigenvalue weighted by molar-refractivity contribution is 0.0664. The van der Waals surface area contributed by atoms with Crippen LogP contribution in [0, 0.1) is 6.92 Å². The molecule has 4 rings (SSSR count). The van der Waals surface area contributed by atoms with Gasteiger partial charge in [0.1, 0.15) is 11.3 Å².